The Balaban J connectivity index is 1.54. The number of hydrogen-bond donors (Lipinski definition) is 3. The molecule has 33 heavy (non-hydrogen) atoms. The van der Waals surface area contributed by atoms with Gasteiger partial charge in [-0.25, -0.2) is 13.2 Å². The first-order valence-electron chi connectivity index (χ1n) is 9.90. The van der Waals surface area contributed by atoms with Crippen molar-refractivity contribution in [3.63, 3.8) is 0 Å². The number of aliphatic hydroxyl groups is 1. The molecule has 2 aromatic carbocycles. The van der Waals surface area contributed by atoms with Gasteiger partial charge in [0.05, 0.1) is 11.0 Å². The number of nitrogens with one attached hydrogen (secondary N) is 2. The minimum absolute atomic E-state index is 0.105. The Morgan fingerprint density at radius 3 is 2.42 bits per heavy atom. The first kappa shape index (κ1) is 24.6. The molecule has 2 aromatic rings. The van der Waals surface area contributed by atoms with Crippen molar-refractivity contribution < 1.29 is 32.6 Å². The molecule has 1 heterocycles. The van der Waals surface area contributed by atoms with Crippen LogP contribution in [0, 0.1) is 0 Å². The molecule has 10 nitrogen and oxygen atoms in total. The second-order valence-corrected chi connectivity index (χ2v) is 9.59. The molecule has 0 bridgehead atoms. The number of urea groups is 1. The molecule has 1 aliphatic rings. The Morgan fingerprint density at radius 1 is 1.09 bits per heavy atom. The van der Waals surface area contributed by atoms with Crippen molar-refractivity contribution in [3.8, 4) is 0 Å². The van der Waals surface area contributed by atoms with Gasteiger partial charge in [-0.3, -0.25) is 14.9 Å². The number of carbonyl (C=O) groups is 3. The van der Waals surface area contributed by atoms with Gasteiger partial charge in [-0.1, -0.05) is 41.9 Å². The first-order valence-corrected chi connectivity index (χ1v) is 11.7. The number of hydrogen-bond acceptors (Lipinski definition) is 7. The predicted molar refractivity (Wildman–Crippen MR) is 118 cm³/mol. The van der Waals surface area contributed by atoms with E-state index in [1.165, 1.54) is 24.3 Å². The Bertz CT molecular complexity index is 1110. The summed E-state index contributed by atoms with van der Waals surface area (Å²) in [5.41, 5.74) is 0.827. The fraction of sp³-hybridized carbons (Fsp3) is 0.286. The number of esters is 1. The number of benzene rings is 2. The molecule has 0 radical (unpaired) electrons. The summed E-state index contributed by atoms with van der Waals surface area (Å²) in [5, 5.41) is 14.8. The molecule has 12 heteroatoms. The van der Waals surface area contributed by atoms with Crippen LogP contribution in [-0.4, -0.2) is 61.0 Å². The van der Waals surface area contributed by atoms with E-state index in [9.17, 15) is 27.9 Å². The highest BCUT2D eigenvalue weighted by atomic mass is 35.5. The van der Waals surface area contributed by atoms with E-state index in [0.29, 0.717) is 5.02 Å². The maximum Gasteiger partial charge on any atom is 0.325 e. The van der Waals surface area contributed by atoms with Gasteiger partial charge in [0.1, 0.15) is 6.04 Å². The monoisotopic (exact) mass is 495 g/mol. The van der Waals surface area contributed by atoms with E-state index >= 15 is 0 Å². The number of sulfonamides is 1. The fourth-order valence-corrected chi connectivity index (χ4v) is 4.98. The zero-order valence-electron chi connectivity index (χ0n) is 17.3. The molecule has 0 saturated carbocycles. The Morgan fingerprint density at radius 2 is 1.76 bits per heavy atom. The fourth-order valence-electron chi connectivity index (χ4n) is 3.22. The van der Waals surface area contributed by atoms with Crippen LogP contribution in [0.2, 0.25) is 5.02 Å². The highest BCUT2D eigenvalue weighted by Crippen LogP contribution is 2.28. The maximum absolute atomic E-state index is 12.9. The predicted octanol–water partition coefficient (Wildman–Crippen LogP) is 1.03. The minimum atomic E-state index is -4.12. The van der Waals surface area contributed by atoms with Gasteiger partial charge in [-0.05, 0) is 29.8 Å². The molecule has 0 aromatic heterocycles. The Labute approximate surface area is 195 Å². The van der Waals surface area contributed by atoms with E-state index < -0.39 is 46.7 Å². The molecular formula is C21H22ClN3O7S. The van der Waals surface area contributed by atoms with Crippen LogP contribution in [0.5, 0.6) is 0 Å². The minimum Gasteiger partial charge on any atom is -0.454 e. The van der Waals surface area contributed by atoms with Crippen LogP contribution in [-0.2, 0) is 30.9 Å². The summed E-state index contributed by atoms with van der Waals surface area (Å²) in [6.07, 6.45) is -1.27. The lowest BCUT2D eigenvalue weighted by atomic mass is 10.2. The van der Waals surface area contributed by atoms with Crippen LogP contribution in [0.3, 0.4) is 0 Å². The molecule has 0 aliphatic carbocycles. The Hall–Kier alpha value is -2.99. The summed E-state index contributed by atoms with van der Waals surface area (Å²) < 4.78 is 31.6. The second-order valence-electron chi connectivity index (χ2n) is 7.26. The third-order valence-corrected chi connectivity index (χ3v) is 6.96. The number of imide groups is 1. The molecule has 3 amide bonds. The standard InChI is InChI=1S/C21H22ClN3O7S/c22-15-6-8-17(9-7-15)33(30,31)25-12-16(26)10-18(25)20(28)32-13-19(27)24-21(29)23-11-14-4-2-1-3-5-14/h1-9,16,18,26H,10-13H2,(H2,23,24,27,29)/t16-,18-/m0/s1. The van der Waals surface area contributed by atoms with Crippen molar-refractivity contribution in [1.29, 1.82) is 0 Å². The quantitative estimate of drug-likeness (QED) is 0.487. The summed E-state index contributed by atoms with van der Waals surface area (Å²) in [5.74, 6) is -1.90. The SMILES string of the molecule is O=C(COC(=O)[C@@H]1C[C@H](O)CN1S(=O)(=O)c1ccc(Cl)cc1)NC(=O)NCc1ccccc1. The molecule has 3 rings (SSSR count). The highest BCUT2D eigenvalue weighted by Gasteiger charge is 2.44. The van der Waals surface area contributed by atoms with Crippen LogP contribution < -0.4 is 10.6 Å². The molecule has 176 valence electrons. The van der Waals surface area contributed by atoms with Gasteiger partial charge in [-0.15, -0.1) is 0 Å². The normalized spacial score (nSPS) is 18.5. The number of amides is 3. The number of halogens is 1. The average molecular weight is 496 g/mol. The van der Waals surface area contributed by atoms with E-state index in [-0.39, 0.29) is 24.4 Å². The maximum atomic E-state index is 12.9. The van der Waals surface area contributed by atoms with Crippen LogP contribution in [0.1, 0.15) is 12.0 Å². The van der Waals surface area contributed by atoms with Gasteiger partial charge in [0, 0.05) is 24.5 Å². The molecular weight excluding hydrogens is 474 g/mol. The third kappa shape index (κ3) is 6.51. The van der Waals surface area contributed by atoms with Crippen molar-refractivity contribution in [2.45, 2.75) is 30.0 Å². The van der Waals surface area contributed by atoms with E-state index in [1.807, 2.05) is 11.4 Å². The summed E-state index contributed by atoms with van der Waals surface area (Å²) in [6.45, 7) is -0.908. The molecule has 1 saturated heterocycles. The van der Waals surface area contributed by atoms with Crippen LogP contribution in [0.25, 0.3) is 0 Å². The number of carbonyl (C=O) groups excluding carboxylic acids is 3. The van der Waals surface area contributed by atoms with Crippen LogP contribution >= 0.6 is 11.6 Å². The van der Waals surface area contributed by atoms with Crippen molar-refractivity contribution in [1.82, 2.24) is 14.9 Å². The van der Waals surface area contributed by atoms with Crippen molar-refractivity contribution in [2.75, 3.05) is 13.2 Å². The number of nitrogens with zero attached hydrogens (tertiary/aromatic N) is 1. The summed E-state index contributed by atoms with van der Waals surface area (Å²) >= 11 is 5.79. The Kier molecular flexibility index (Phi) is 8.03. The molecule has 1 aliphatic heterocycles. The summed E-state index contributed by atoms with van der Waals surface area (Å²) in [7, 11) is -4.12. The van der Waals surface area contributed by atoms with E-state index in [1.54, 1.807) is 24.3 Å². The van der Waals surface area contributed by atoms with E-state index in [0.717, 1.165) is 9.87 Å². The highest BCUT2D eigenvalue weighted by molar-refractivity contribution is 7.89. The number of rotatable bonds is 7. The van der Waals surface area contributed by atoms with Gasteiger partial charge in [0.25, 0.3) is 5.91 Å². The second kappa shape index (κ2) is 10.8. The van der Waals surface area contributed by atoms with Crippen LogP contribution in [0.4, 0.5) is 4.79 Å². The lowest BCUT2D eigenvalue weighted by Crippen LogP contribution is -2.44. The molecule has 2 atom stereocenters. The number of ether oxygens (including phenoxy) is 1. The summed E-state index contributed by atoms with van der Waals surface area (Å²) in [4.78, 5) is 36.1. The van der Waals surface area contributed by atoms with E-state index in [2.05, 4.69) is 5.32 Å². The lowest BCUT2D eigenvalue weighted by Gasteiger charge is -2.22. The number of β-amino-alcohol motifs (C(OH)–C–C–N with tert-alkyl or cyclic N) is 1. The average Bonchev–Trinajstić information content (AvgIpc) is 3.20. The van der Waals surface area contributed by atoms with Crippen molar-refractivity contribution in [3.05, 3.63) is 65.2 Å². The van der Waals surface area contributed by atoms with Crippen molar-refractivity contribution >= 4 is 39.5 Å². The lowest BCUT2D eigenvalue weighted by molar-refractivity contribution is -0.151. The molecule has 3 N–H and O–H groups in total. The third-order valence-electron chi connectivity index (χ3n) is 4.82. The van der Waals surface area contributed by atoms with Gasteiger partial charge in [0.15, 0.2) is 6.61 Å². The largest absolute Gasteiger partial charge is 0.454 e. The topological polar surface area (TPSA) is 142 Å². The van der Waals surface area contributed by atoms with Gasteiger partial charge in [-0.2, -0.15) is 4.31 Å². The molecule has 0 unspecified atom stereocenters. The van der Waals surface area contributed by atoms with Crippen LogP contribution in [0.15, 0.2) is 59.5 Å². The van der Waals surface area contributed by atoms with Gasteiger partial charge in [0.2, 0.25) is 10.0 Å². The smallest absolute Gasteiger partial charge is 0.325 e. The first-order chi connectivity index (χ1) is 15.7. The summed E-state index contributed by atoms with van der Waals surface area (Å²) in [6, 6.07) is 12.3. The zero-order valence-corrected chi connectivity index (χ0v) is 18.9. The van der Waals surface area contributed by atoms with Crippen molar-refractivity contribution in [2.24, 2.45) is 0 Å². The van der Waals surface area contributed by atoms with E-state index in [4.69, 9.17) is 16.3 Å². The molecule has 0 spiro atoms. The van der Waals surface area contributed by atoms with Gasteiger partial charge >= 0.3 is 12.0 Å². The number of aliphatic hydroxyl groups excluding tert-OH is 1. The molecule has 1 fully saturated rings. The van der Waals surface area contributed by atoms with Gasteiger partial charge < -0.3 is 15.2 Å². The zero-order chi connectivity index (χ0) is 24.0.